The second-order valence-corrected chi connectivity index (χ2v) is 4.00. The number of aliphatic hydroxyl groups excluding tert-OH is 1. The van der Waals surface area contributed by atoms with Crippen molar-refractivity contribution >= 4 is 6.09 Å². The van der Waals surface area contributed by atoms with Crippen molar-refractivity contribution < 1.29 is 14.6 Å². The highest BCUT2D eigenvalue weighted by atomic mass is 16.6. The van der Waals surface area contributed by atoms with Gasteiger partial charge in [0, 0.05) is 13.0 Å². The number of carbonyl (C=O) groups excluding carboxylic acids is 1. The lowest BCUT2D eigenvalue weighted by Gasteiger charge is -2.34. The van der Waals surface area contributed by atoms with Crippen LogP contribution in [0.25, 0.3) is 0 Å². The highest BCUT2D eigenvalue weighted by Gasteiger charge is 2.30. The Hall–Kier alpha value is -1.19. The molecule has 4 heteroatoms. The maximum atomic E-state index is 11.4. The van der Waals surface area contributed by atoms with Crippen molar-refractivity contribution in [2.24, 2.45) is 0 Å². The fourth-order valence-corrected chi connectivity index (χ4v) is 1.01. The van der Waals surface area contributed by atoms with E-state index in [1.807, 2.05) is 20.8 Å². The predicted molar refractivity (Wildman–Crippen MR) is 48.3 cm³/mol. The lowest BCUT2D eigenvalue weighted by molar-refractivity contribution is 0.0227. The van der Waals surface area contributed by atoms with E-state index in [2.05, 4.69) is 0 Å². The van der Waals surface area contributed by atoms with Gasteiger partial charge in [-0.3, -0.25) is 4.90 Å². The van der Waals surface area contributed by atoms with Crippen molar-refractivity contribution in [2.45, 2.75) is 32.8 Å². The Labute approximate surface area is 77.8 Å². The quantitative estimate of drug-likeness (QED) is 0.587. The highest BCUT2D eigenvalue weighted by molar-refractivity contribution is 5.71. The Bertz CT molecular complexity index is 240. The summed E-state index contributed by atoms with van der Waals surface area (Å²) in [6.45, 7) is 6.06. The number of rotatable bonds is 0. The fraction of sp³-hybridized carbons (Fsp3) is 0.667. The van der Waals surface area contributed by atoms with E-state index < -0.39 is 5.60 Å². The lowest BCUT2D eigenvalue weighted by Crippen LogP contribution is -2.43. The molecule has 1 fully saturated rings. The first-order valence-electron chi connectivity index (χ1n) is 4.28. The van der Waals surface area contributed by atoms with E-state index in [1.54, 1.807) is 0 Å². The van der Waals surface area contributed by atoms with Gasteiger partial charge in [0.2, 0.25) is 0 Å². The molecule has 0 atom stereocenters. The van der Waals surface area contributed by atoms with Crippen LogP contribution in [0.2, 0.25) is 0 Å². The minimum Gasteiger partial charge on any atom is -0.514 e. The van der Waals surface area contributed by atoms with Crippen LogP contribution in [-0.4, -0.2) is 28.2 Å². The van der Waals surface area contributed by atoms with Crippen molar-refractivity contribution in [1.82, 2.24) is 4.90 Å². The summed E-state index contributed by atoms with van der Waals surface area (Å²) in [4.78, 5) is 12.8. The van der Waals surface area contributed by atoms with E-state index in [9.17, 15) is 4.79 Å². The van der Waals surface area contributed by atoms with E-state index in [0.29, 0.717) is 12.2 Å². The molecule has 0 aromatic rings. The topological polar surface area (TPSA) is 49.8 Å². The molecule has 1 saturated heterocycles. The molecular weight excluding hydrogens is 170 g/mol. The number of hydrogen-bond acceptors (Lipinski definition) is 3. The number of carbonyl (C=O) groups is 1. The van der Waals surface area contributed by atoms with Gasteiger partial charge in [-0.25, -0.2) is 4.79 Å². The maximum Gasteiger partial charge on any atom is 0.414 e. The van der Waals surface area contributed by atoms with E-state index in [1.165, 1.54) is 4.90 Å². The molecule has 0 radical (unpaired) electrons. The third-order valence-electron chi connectivity index (χ3n) is 1.70. The van der Waals surface area contributed by atoms with Gasteiger partial charge in [0.15, 0.2) is 0 Å². The normalized spacial score (nSPS) is 19.9. The molecule has 0 bridgehead atoms. The van der Waals surface area contributed by atoms with Gasteiger partial charge in [0.05, 0.1) is 12.0 Å². The van der Waals surface area contributed by atoms with Crippen molar-refractivity contribution in [3.05, 3.63) is 12.0 Å². The molecule has 0 unspecified atom stereocenters. The number of hydrogen-bond donors (Lipinski definition) is 1. The van der Waals surface area contributed by atoms with Gasteiger partial charge in [0.1, 0.15) is 5.60 Å². The van der Waals surface area contributed by atoms with Gasteiger partial charge in [-0.05, 0) is 20.8 Å². The molecule has 0 spiro atoms. The van der Waals surface area contributed by atoms with Crippen molar-refractivity contribution in [3.8, 4) is 0 Å². The maximum absolute atomic E-state index is 11.4. The molecule has 1 aliphatic heterocycles. The first-order chi connectivity index (χ1) is 5.94. The lowest BCUT2D eigenvalue weighted by atomic mass is 10.1. The smallest absolute Gasteiger partial charge is 0.414 e. The van der Waals surface area contributed by atoms with Crippen molar-refractivity contribution in [1.29, 1.82) is 0 Å². The Morgan fingerprint density at radius 1 is 1.62 bits per heavy atom. The third kappa shape index (κ3) is 2.37. The van der Waals surface area contributed by atoms with E-state index in [-0.39, 0.29) is 6.09 Å². The minimum absolute atomic E-state index is 0.390. The van der Waals surface area contributed by atoms with Crippen LogP contribution < -0.4 is 0 Å². The zero-order chi connectivity index (χ0) is 10.1. The van der Waals surface area contributed by atoms with Crippen molar-refractivity contribution in [2.75, 3.05) is 6.54 Å². The number of aliphatic hydroxyl groups is 1. The zero-order valence-electron chi connectivity index (χ0n) is 8.20. The van der Waals surface area contributed by atoms with Gasteiger partial charge >= 0.3 is 6.09 Å². The van der Waals surface area contributed by atoms with Crippen LogP contribution in [-0.2, 0) is 4.74 Å². The van der Waals surface area contributed by atoms with Crippen LogP contribution >= 0.6 is 0 Å². The van der Waals surface area contributed by atoms with Crippen molar-refractivity contribution in [3.63, 3.8) is 0 Å². The fourth-order valence-electron chi connectivity index (χ4n) is 1.01. The molecule has 0 saturated carbocycles. The monoisotopic (exact) mass is 185 g/mol. The molecule has 1 heterocycles. The number of ether oxygens (including phenoxy) is 1. The van der Waals surface area contributed by atoms with Crippen LogP contribution in [0.3, 0.4) is 0 Å². The van der Waals surface area contributed by atoms with Gasteiger partial charge in [-0.15, -0.1) is 0 Å². The first-order valence-corrected chi connectivity index (χ1v) is 4.28. The summed E-state index contributed by atoms with van der Waals surface area (Å²) in [5, 5.41) is 8.69. The zero-order valence-corrected chi connectivity index (χ0v) is 8.20. The van der Waals surface area contributed by atoms with Crippen LogP contribution in [0.15, 0.2) is 12.0 Å². The van der Waals surface area contributed by atoms with Crippen LogP contribution in [0.4, 0.5) is 4.79 Å². The number of likely N-dealkylation sites (tertiary alicyclic amines) is 1. The average Bonchev–Trinajstić information content (AvgIpc) is 1.80. The second-order valence-electron chi connectivity index (χ2n) is 4.00. The third-order valence-corrected chi connectivity index (χ3v) is 1.70. The summed E-state index contributed by atoms with van der Waals surface area (Å²) in [7, 11) is 0. The van der Waals surface area contributed by atoms with Crippen LogP contribution in [0, 0.1) is 0 Å². The van der Waals surface area contributed by atoms with Gasteiger partial charge < -0.3 is 9.84 Å². The Balaban J connectivity index is 2.50. The summed E-state index contributed by atoms with van der Waals surface area (Å²) in [6.07, 6.45) is 1.29. The first kappa shape index (κ1) is 9.89. The summed E-state index contributed by atoms with van der Waals surface area (Å²) in [5.41, 5.74) is 0.141. The van der Waals surface area contributed by atoms with Gasteiger partial charge in [-0.2, -0.15) is 0 Å². The number of nitrogens with zero attached hydrogens (tertiary/aromatic N) is 1. The van der Waals surface area contributed by atoms with Crippen LogP contribution in [0.5, 0.6) is 0 Å². The molecule has 74 valence electrons. The molecule has 13 heavy (non-hydrogen) atoms. The number of amides is 1. The molecule has 0 aromatic carbocycles. The highest BCUT2D eigenvalue weighted by Crippen LogP contribution is 2.23. The van der Waals surface area contributed by atoms with E-state index >= 15 is 0 Å². The van der Waals surface area contributed by atoms with Crippen LogP contribution in [0.1, 0.15) is 27.2 Å². The van der Waals surface area contributed by atoms with Gasteiger partial charge in [0.25, 0.3) is 0 Å². The molecule has 1 amide bonds. The molecule has 1 rings (SSSR count). The Morgan fingerprint density at radius 3 is 2.54 bits per heavy atom. The molecule has 1 N–H and O–H groups in total. The molecule has 1 aliphatic rings. The summed E-state index contributed by atoms with van der Waals surface area (Å²) in [5.74, 6) is 0. The molecule has 0 aliphatic carbocycles. The molecule has 0 aromatic heterocycles. The van der Waals surface area contributed by atoms with Gasteiger partial charge in [-0.1, -0.05) is 0 Å². The average molecular weight is 185 g/mol. The largest absolute Gasteiger partial charge is 0.514 e. The standard InChI is InChI=1S/C9H15NO3/c1-9(2,3)13-8(12)10-5-4-7(10)6-11/h6,11H,4-5H2,1-3H3. The minimum atomic E-state index is -0.479. The summed E-state index contributed by atoms with van der Waals surface area (Å²) < 4.78 is 5.11. The van der Waals surface area contributed by atoms with E-state index in [4.69, 9.17) is 9.84 Å². The second kappa shape index (κ2) is 3.28. The molecular formula is C9H15NO3. The Morgan fingerprint density at radius 2 is 2.23 bits per heavy atom. The SMILES string of the molecule is CC(C)(C)OC(=O)N1CCC1=CO. The predicted octanol–water partition coefficient (Wildman–Crippen LogP) is 2.03. The van der Waals surface area contributed by atoms with E-state index in [0.717, 1.165) is 12.7 Å². The summed E-state index contributed by atoms with van der Waals surface area (Å²) in [6, 6.07) is 0. The summed E-state index contributed by atoms with van der Waals surface area (Å²) >= 11 is 0. The Kier molecular flexibility index (Phi) is 2.50. The molecule has 4 nitrogen and oxygen atoms in total.